The van der Waals surface area contributed by atoms with Crippen LogP contribution in [0.15, 0.2) is 40.8 Å². The zero-order valence-corrected chi connectivity index (χ0v) is 12.6. The highest BCUT2D eigenvalue weighted by atomic mass is 16.3. The molecule has 20 heavy (non-hydrogen) atoms. The van der Waals surface area contributed by atoms with Gasteiger partial charge in [-0.05, 0) is 44.8 Å². The molecule has 1 atom stereocenters. The van der Waals surface area contributed by atoms with Gasteiger partial charge in [0.2, 0.25) is 0 Å². The smallest absolute Gasteiger partial charge is 0.134 e. The van der Waals surface area contributed by atoms with Crippen LogP contribution >= 0.6 is 0 Å². The molecule has 1 aromatic heterocycles. The predicted octanol–water partition coefficient (Wildman–Crippen LogP) is 3.46. The fraction of sp³-hybridized carbons (Fsp3) is 0.412. The Morgan fingerprint density at radius 3 is 2.60 bits per heavy atom. The molecule has 0 fully saturated rings. The molecule has 0 aliphatic carbocycles. The highest BCUT2D eigenvalue weighted by Gasteiger charge is 2.13. The first-order valence-electron chi connectivity index (χ1n) is 7.14. The number of nitrogens with two attached hydrogens (primary N) is 1. The van der Waals surface area contributed by atoms with Gasteiger partial charge in [0.15, 0.2) is 0 Å². The van der Waals surface area contributed by atoms with Crippen LogP contribution in [0, 0.1) is 0 Å². The summed E-state index contributed by atoms with van der Waals surface area (Å²) >= 11 is 0. The SMILES string of the molecule is CC(CCN)c1ccc(-c2ccccc2CN(C)C)o1. The molecule has 108 valence electrons. The van der Waals surface area contributed by atoms with Crippen molar-refractivity contribution in [3.63, 3.8) is 0 Å². The van der Waals surface area contributed by atoms with Crippen molar-refractivity contribution in [3.8, 4) is 11.3 Å². The largest absolute Gasteiger partial charge is 0.461 e. The number of rotatable bonds is 6. The van der Waals surface area contributed by atoms with Gasteiger partial charge in [-0.1, -0.05) is 31.2 Å². The Morgan fingerprint density at radius 2 is 1.90 bits per heavy atom. The van der Waals surface area contributed by atoms with Gasteiger partial charge in [-0.15, -0.1) is 0 Å². The minimum Gasteiger partial charge on any atom is -0.461 e. The predicted molar refractivity (Wildman–Crippen MR) is 83.6 cm³/mol. The number of benzene rings is 1. The summed E-state index contributed by atoms with van der Waals surface area (Å²) < 4.78 is 6.03. The summed E-state index contributed by atoms with van der Waals surface area (Å²) in [4.78, 5) is 2.17. The average molecular weight is 272 g/mol. The third-order valence-corrected chi connectivity index (χ3v) is 3.48. The summed E-state index contributed by atoms with van der Waals surface area (Å²) in [7, 11) is 4.15. The maximum Gasteiger partial charge on any atom is 0.134 e. The molecule has 0 bridgehead atoms. The summed E-state index contributed by atoms with van der Waals surface area (Å²) in [5.74, 6) is 2.33. The number of furan rings is 1. The second kappa shape index (κ2) is 6.73. The Hall–Kier alpha value is -1.58. The molecule has 1 unspecified atom stereocenters. The quantitative estimate of drug-likeness (QED) is 0.875. The summed E-state index contributed by atoms with van der Waals surface area (Å²) in [5, 5.41) is 0. The van der Waals surface area contributed by atoms with Crippen molar-refractivity contribution < 1.29 is 4.42 Å². The van der Waals surface area contributed by atoms with E-state index in [0.717, 1.165) is 24.5 Å². The first-order valence-corrected chi connectivity index (χ1v) is 7.14. The molecule has 0 saturated heterocycles. The Bertz CT molecular complexity index is 545. The lowest BCUT2D eigenvalue weighted by Crippen LogP contribution is -2.11. The molecule has 0 spiro atoms. The van der Waals surface area contributed by atoms with Crippen molar-refractivity contribution in [3.05, 3.63) is 47.7 Å². The second-order valence-electron chi connectivity index (χ2n) is 5.58. The highest BCUT2D eigenvalue weighted by molar-refractivity contribution is 5.62. The first kappa shape index (κ1) is 14.8. The topological polar surface area (TPSA) is 42.4 Å². The highest BCUT2D eigenvalue weighted by Crippen LogP contribution is 2.30. The van der Waals surface area contributed by atoms with E-state index in [1.807, 2.05) is 0 Å². The molecule has 0 saturated carbocycles. The number of hydrogen-bond acceptors (Lipinski definition) is 3. The van der Waals surface area contributed by atoms with E-state index in [1.54, 1.807) is 0 Å². The van der Waals surface area contributed by atoms with Gasteiger partial charge in [-0.2, -0.15) is 0 Å². The van der Waals surface area contributed by atoms with E-state index in [1.165, 1.54) is 11.1 Å². The minimum absolute atomic E-state index is 0.370. The lowest BCUT2D eigenvalue weighted by atomic mass is 10.0. The van der Waals surface area contributed by atoms with Crippen molar-refractivity contribution in [1.82, 2.24) is 4.90 Å². The van der Waals surface area contributed by atoms with Crippen molar-refractivity contribution in [1.29, 1.82) is 0 Å². The van der Waals surface area contributed by atoms with Crippen LogP contribution in [0.25, 0.3) is 11.3 Å². The van der Waals surface area contributed by atoms with Crippen molar-refractivity contribution in [2.45, 2.75) is 25.8 Å². The van der Waals surface area contributed by atoms with Gasteiger partial charge < -0.3 is 15.1 Å². The van der Waals surface area contributed by atoms with E-state index in [9.17, 15) is 0 Å². The molecule has 3 heteroatoms. The van der Waals surface area contributed by atoms with Crippen molar-refractivity contribution >= 4 is 0 Å². The molecular weight excluding hydrogens is 248 g/mol. The Morgan fingerprint density at radius 1 is 1.15 bits per heavy atom. The molecule has 2 rings (SSSR count). The Labute approximate surface area is 121 Å². The Balaban J connectivity index is 2.28. The molecule has 0 aliphatic rings. The summed E-state index contributed by atoms with van der Waals surface area (Å²) in [6, 6.07) is 12.5. The lowest BCUT2D eigenvalue weighted by molar-refractivity contribution is 0.402. The molecule has 0 aliphatic heterocycles. The van der Waals surface area contributed by atoms with Crippen molar-refractivity contribution in [2.75, 3.05) is 20.6 Å². The number of nitrogens with zero attached hydrogens (tertiary/aromatic N) is 1. The molecule has 1 aromatic carbocycles. The van der Waals surface area contributed by atoms with Gasteiger partial charge in [-0.25, -0.2) is 0 Å². The van der Waals surface area contributed by atoms with Crippen LogP contribution in [0.2, 0.25) is 0 Å². The maximum atomic E-state index is 6.03. The van der Waals surface area contributed by atoms with Crippen LogP contribution < -0.4 is 5.73 Å². The standard InChI is InChI=1S/C17H24N2O/c1-13(10-11-18)16-8-9-17(20-16)15-7-5-4-6-14(15)12-19(2)3/h4-9,13H,10-12,18H2,1-3H3. The van der Waals surface area contributed by atoms with E-state index < -0.39 is 0 Å². The zero-order valence-electron chi connectivity index (χ0n) is 12.6. The molecule has 2 aromatic rings. The van der Waals surface area contributed by atoms with Gasteiger partial charge in [0, 0.05) is 18.0 Å². The normalized spacial score (nSPS) is 12.8. The van der Waals surface area contributed by atoms with Gasteiger partial charge in [-0.3, -0.25) is 0 Å². The fourth-order valence-electron chi connectivity index (χ4n) is 2.39. The van der Waals surface area contributed by atoms with Gasteiger partial charge >= 0.3 is 0 Å². The van der Waals surface area contributed by atoms with Crippen LogP contribution in [-0.4, -0.2) is 25.5 Å². The second-order valence-corrected chi connectivity index (χ2v) is 5.58. The van der Waals surface area contributed by atoms with Crippen LogP contribution in [-0.2, 0) is 6.54 Å². The monoisotopic (exact) mass is 272 g/mol. The van der Waals surface area contributed by atoms with Crippen LogP contribution in [0.4, 0.5) is 0 Å². The van der Waals surface area contributed by atoms with E-state index in [0.29, 0.717) is 12.5 Å². The maximum absolute atomic E-state index is 6.03. The molecule has 0 amide bonds. The third kappa shape index (κ3) is 3.50. The van der Waals surface area contributed by atoms with Gasteiger partial charge in [0.05, 0.1) is 0 Å². The van der Waals surface area contributed by atoms with E-state index in [4.69, 9.17) is 10.2 Å². The third-order valence-electron chi connectivity index (χ3n) is 3.48. The van der Waals surface area contributed by atoms with E-state index in [2.05, 4.69) is 62.3 Å². The molecular formula is C17H24N2O. The summed E-state index contributed by atoms with van der Waals surface area (Å²) in [6.45, 7) is 3.75. The summed E-state index contributed by atoms with van der Waals surface area (Å²) in [5.41, 5.74) is 8.07. The van der Waals surface area contributed by atoms with Crippen molar-refractivity contribution in [2.24, 2.45) is 5.73 Å². The molecule has 3 nitrogen and oxygen atoms in total. The molecule has 1 heterocycles. The molecule has 0 radical (unpaired) electrons. The van der Waals surface area contributed by atoms with Gasteiger partial charge in [0.1, 0.15) is 11.5 Å². The van der Waals surface area contributed by atoms with Crippen LogP contribution in [0.3, 0.4) is 0 Å². The first-order chi connectivity index (χ1) is 9.61. The fourth-order valence-corrected chi connectivity index (χ4v) is 2.39. The zero-order chi connectivity index (χ0) is 14.5. The minimum atomic E-state index is 0.370. The molecule has 2 N–H and O–H groups in total. The average Bonchev–Trinajstić information content (AvgIpc) is 2.88. The van der Waals surface area contributed by atoms with Crippen LogP contribution in [0.5, 0.6) is 0 Å². The van der Waals surface area contributed by atoms with Crippen LogP contribution in [0.1, 0.15) is 30.6 Å². The Kier molecular flexibility index (Phi) is 4.99. The lowest BCUT2D eigenvalue weighted by Gasteiger charge is -2.13. The summed E-state index contributed by atoms with van der Waals surface area (Å²) in [6.07, 6.45) is 0.951. The number of hydrogen-bond donors (Lipinski definition) is 1. The van der Waals surface area contributed by atoms with E-state index >= 15 is 0 Å². The van der Waals surface area contributed by atoms with E-state index in [-0.39, 0.29) is 0 Å². The van der Waals surface area contributed by atoms with Gasteiger partial charge in [0.25, 0.3) is 0 Å².